The van der Waals surface area contributed by atoms with Crippen LogP contribution in [0.3, 0.4) is 0 Å². The van der Waals surface area contributed by atoms with Crippen molar-refractivity contribution < 1.29 is 19.0 Å². The summed E-state index contributed by atoms with van der Waals surface area (Å²) in [5.41, 5.74) is 2.46. The number of carbonyl (C=O) groups excluding carboxylic acids is 1. The molecular formula is C21H28N2O4. The van der Waals surface area contributed by atoms with Gasteiger partial charge in [-0.3, -0.25) is 4.79 Å². The first-order valence-electron chi connectivity index (χ1n) is 8.72. The average Bonchev–Trinajstić information content (AvgIpc) is 2.68. The summed E-state index contributed by atoms with van der Waals surface area (Å²) in [5, 5.41) is 3.01. The molecule has 0 saturated heterocycles. The van der Waals surface area contributed by atoms with E-state index in [9.17, 15) is 4.79 Å². The second kappa shape index (κ2) is 9.28. The van der Waals surface area contributed by atoms with Gasteiger partial charge in [-0.05, 0) is 50.8 Å². The zero-order valence-electron chi connectivity index (χ0n) is 16.8. The Kier molecular flexibility index (Phi) is 7.07. The molecule has 0 aromatic heterocycles. The van der Waals surface area contributed by atoms with Crippen molar-refractivity contribution in [2.24, 2.45) is 0 Å². The first kappa shape index (κ1) is 20.6. The SMILES string of the molecule is COc1ccc(C(CNC(=O)c2cc(OC)c(C)c(OC)c2)N(C)C)cc1. The molecule has 0 bridgehead atoms. The molecule has 0 saturated carbocycles. The Morgan fingerprint density at radius 1 is 1.00 bits per heavy atom. The molecule has 146 valence electrons. The second-order valence-corrected chi connectivity index (χ2v) is 6.47. The van der Waals surface area contributed by atoms with Crippen LogP contribution >= 0.6 is 0 Å². The summed E-state index contributed by atoms with van der Waals surface area (Å²) < 4.78 is 15.9. The molecule has 0 aliphatic rings. The minimum absolute atomic E-state index is 0.0362. The molecule has 1 N–H and O–H groups in total. The topological polar surface area (TPSA) is 60.0 Å². The van der Waals surface area contributed by atoms with Crippen LogP contribution in [0.5, 0.6) is 17.2 Å². The third kappa shape index (κ3) is 4.92. The summed E-state index contributed by atoms with van der Waals surface area (Å²) in [6.45, 7) is 2.36. The molecule has 2 rings (SSSR count). The minimum atomic E-state index is -0.174. The van der Waals surface area contributed by atoms with Crippen LogP contribution in [0.15, 0.2) is 36.4 Å². The molecule has 0 aliphatic carbocycles. The molecule has 2 aromatic carbocycles. The van der Waals surface area contributed by atoms with Crippen molar-refractivity contribution in [3.63, 3.8) is 0 Å². The predicted molar refractivity (Wildman–Crippen MR) is 106 cm³/mol. The van der Waals surface area contributed by atoms with Crippen LogP contribution in [0, 0.1) is 6.92 Å². The Bertz CT molecular complexity index is 747. The van der Waals surface area contributed by atoms with Gasteiger partial charge in [-0.2, -0.15) is 0 Å². The number of hydrogen-bond acceptors (Lipinski definition) is 5. The molecule has 1 unspecified atom stereocenters. The third-order valence-corrected chi connectivity index (χ3v) is 4.59. The highest BCUT2D eigenvalue weighted by Gasteiger charge is 2.18. The van der Waals surface area contributed by atoms with Gasteiger partial charge in [0.25, 0.3) is 5.91 Å². The van der Waals surface area contributed by atoms with Gasteiger partial charge in [0.2, 0.25) is 0 Å². The van der Waals surface area contributed by atoms with Gasteiger partial charge in [-0.25, -0.2) is 0 Å². The van der Waals surface area contributed by atoms with E-state index in [0.29, 0.717) is 23.6 Å². The fourth-order valence-electron chi connectivity index (χ4n) is 2.93. The van der Waals surface area contributed by atoms with Gasteiger partial charge in [-0.1, -0.05) is 12.1 Å². The standard InChI is InChI=1S/C21H28N2O4/c1-14-19(26-5)11-16(12-20(14)27-6)21(24)22-13-18(23(2)3)15-7-9-17(25-4)10-8-15/h7-12,18H,13H2,1-6H3,(H,22,24). The van der Waals surface area contributed by atoms with Crippen molar-refractivity contribution in [3.05, 3.63) is 53.1 Å². The van der Waals surface area contributed by atoms with E-state index in [1.165, 1.54) is 0 Å². The molecule has 0 heterocycles. The van der Waals surface area contributed by atoms with Crippen molar-refractivity contribution in [3.8, 4) is 17.2 Å². The second-order valence-electron chi connectivity index (χ2n) is 6.47. The molecule has 0 fully saturated rings. The fourth-order valence-corrected chi connectivity index (χ4v) is 2.93. The molecule has 1 amide bonds. The summed E-state index contributed by atoms with van der Waals surface area (Å²) in [6, 6.07) is 11.3. The van der Waals surface area contributed by atoms with Crippen molar-refractivity contribution >= 4 is 5.91 Å². The Morgan fingerprint density at radius 2 is 1.56 bits per heavy atom. The number of hydrogen-bond donors (Lipinski definition) is 1. The van der Waals surface area contributed by atoms with Gasteiger partial charge < -0.3 is 24.4 Å². The van der Waals surface area contributed by atoms with Gasteiger partial charge in [-0.15, -0.1) is 0 Å². The van der Waals surface area contributed by atoms with Crippen LogP contribution in [0.25, 0.3) is 0 Å². The summed E-state index contributed by atoms with van der Waals surface area (Å²) in [4.78, 5) is 14.8. The van der Waals surface area contributed by atoms with E-state index in [-0.39, 0.29) is 11.9 Å². The molecule has 0 aliphatic heterocycles. The quantitative estimate of drug-likeness (QED) is 0.772. The minimum Gasteiger partial charge on any atom is -0.497 e. The highest BCUT2D eigenvalue weighted by molar-refractivity contribution is 5.95. The first-order valence-corrected chi connectivity index (χ1v) is 8.72. The molecule has 0 spiro atoms. The predicted octanol–water partition coefficient (Wildman–Crippen LogP) is 3.05. The molecule has 1 atom stereocenters. The van der Waals surface area contributed by atoms with E-state index in [4.69, 9.17) is 14.2 Å². The number of rotatable bonds is 8. The Balaban J connectivity index is 2.16. The van der Waals surface area contributed by atoms with Crippen LogP contribution in [0.2, 0.25) is 0 Å². The van der Waals surface area contributed by atoms with E-state index in [0.717, 1.165) is 16.9 Å². The molecule has 0 radical (unpaired) electrons. The summed E-state index contributed by atoms with van der Waals surface area (Å²) >= 11 is 0. The Labute approximate surface area is 161 Å². The monoisotopic (exact) mass is 372 g/mol. The Hall–Kier alpha value is -2.73. The van der Waals surface area contributed by atoms with Crippen LogP contribution in [0.4, 0.5) is 0 Å². The molecule has 2 aromatic rings. The zero-order chi connectivity index (χ0) is 20.0. The lowest BCUT2D eigenvalue weighted by Crippen LogP contribution is -2.34. The lowest BCUT2D eigenvalue weighted by molar-refractivity contribution is 0.0941. The number of nitrogens with one attached hydrogen (secondary N) is 1. The number of likely N-dealkylation sites (N-methyl/N-ethyl adjacent to an activating group) is 1. The van der Waals surface area contributed by atoms with Crippen molar-refractivity contribution in [2.75, 3.05) is 42.0 Å². The van der Waals surface area contributed by atoms with Crippen LogP contribution in [0.1, 0.15) is 27.5 Å². The zero-order valence-corrected chi connectivity index (χ0v) is 16.8. The normalized spacial score (nSPS) is 11.8. The molecule has 6 nitrogen and oxygen atoms in total. The first-order chi connectivity index (χ1) is 12.9. The maximum absolute atomic E-state index is 12.7. The van der Waals surface area contributed by atoms with E-state index in [1.807, 2.05) is 45.3 Å². The smallest absolute Gasteiger partial charge is 0.251 e. The number of methoxy groups -OCH3 is 3. The van der Waals surface area contributed by atoms with Crippen molar-refractivity contribution in [1.29, 1.82) is 0 Å². The maximum atomic E-state index is 12.7. The number of benzene rings is 2. The van der Waals surface area contributed by atoms with E-state index in [2.05, 4.69) is 10.2 Å². The highest BCUT2D eigenvalue weighted by atomic mass is 16.5. The van der Waals surface area contributed by atoms with E-state index < -0.39 is 0 Å². The molecule has 27 heavy (non-hydrogen) atoms. The number of nitrogens with zero attached hydrogens (tertiary/aromatic N) is 1. The van der Waals surface area contributed by atoms with Crippen LogP contribution in [-0.4, -0.2) is 52.8 Å². The van der Waals surface area contributed by atoms with E-state index >= 15 is 0 Å². The van der Waals surface area contributed by atoms with Crippen LogP contribution in [-0.2, 0) is 0 Å². The average molecular weight is 372 g/mol. The number of carbonyl (C=O) groups is 1. The van der Waals surface area contributed by atoms with Gasteiger partial charge >= 0.3 is 0 Å². The highest BCUT2D eigenvalue weighted by Crippen LogP contribution is 2.29. The molecular weight excluding hydrogens is 344 g/mol. The maximum Gasteiger partial charge on any atom is 0.251 e. The number of amides is 1. The third-order valence-electron chi connectivity index (χ3n) is 4.59. The number of ether oxygens (including phenoxy) is 3. The largest absolute Gasteiger partial charge is 0.497 e. The molecule has 6 heteroatoms. The van der Waals surface area contributed by atoms with Crippen molar-refractivity contribution in [1.82, 2.24) is 10.2 Å². The lowest BCUT2D eigenvalue weighted by Gasteiger charge is -2.25. The van der Waals surface area contributed by atoms with Gasteiger partial charge in [0.05, 0.1) is 27.4 Å². The Morgan fingerprint density at radius 3 is 2.00 bits per heavy atom. The summed E-state index contributed by atoms with van der Waals surface area (Å²) in [5.74, 6) is 1.88. The van der Waals surface area contributed by atoms with E-state index in [1.54, 1.807) is 33.5 Å². The van der Waals surface area contributed by atoms with Gasteiger partial charge in [0.15, 0.2) is 0 Å². The van der Waals surface area contributed by atoms with Crippen molar-refractivity contribution in [2.45, 2.75) is 13.0 Å². The summed E-state index contributed by atoms with van der Waals surface area (Å²) in [6.07, 6.45) is 0. The van der Waals surface area contributed by atoms with Gasteiger partial charge in [0.1, 0.15) is 17.2 Å². The summed E-state index contributed by atoms with van der Waals surface area (Å²) in [7, 11) is 8.77. The lowest BCUT2D eigenvalue weighted by atomic mass is 10.1. The fraction of sp³-hybridized carbons (Fsp3) is 0.381. The van der Waals surface area contributed by atoms with Gasteiger partial charge in [0, 0.05) is 17.7 Å². The van der Waals surface area contributed by atoms with Crippen LogP contribution < -0.4 is 19.5 Å².